The zero-order valence-electron chi connectivity index (χ0n) is 5.89. The fourth-order valence-corrected chi connectivity index (χ4v) is 0.898. The molecule has 0 aliphatic heterocycles. The maximum absolute atomic E-state index is 5.71. The number of hydrogen-bond acceptors (Lipinski definition) is 3. The monoisotopic (exact) mass is 137 g/mol. The molecule has 0 radical (unpaired) electrons. The van der Waals surface area contributed by atoms with E-state index in [0.29, 0.717) is 0 Å². The molecule has 3 nitrogen and oxygen atoms in total. The number of nitrogens with two attached hydrogens (primary N) is 2. The van der Waals surface area contributed by atoms with E-state index < -0.39 is 0 Å². The predicted octanol–water partition coefficient (Wildman–Crippen LogP) is -0.584. The second kappa shape index (κ2) is 1.37. The van der Waals surface area contributed by atoms with Crippen molar-refractivity contribution in [3.8, 4) is 0 Å². The molecule has 0 fully saturated rings. The normalized spacial score (nSPS) is 42.0. The lowest BCUT2D eigenvalue weighted by Gasteiger charge is -2.06. The standard InChI is InChI=1S/C7H11N3/c1-7(9)3-6(7)10-5-2-4(5)8/h2-3,5,10H,8-9H2,1H3/t5-,7+/m1/s1. The highest BCUT2D eigenvalue weighted by Gasteiger charge is 2.38. The average Bonchev–Trinajstić information content (AvgIpc) is 2.57. The van der Waals surface area contributed by atoms with Crippen molar-refractivity contribution in [2.45, 2.75) is 18.5 Å². The van der Waals surface area contributed by atoms with Gasteiger partial charge in [0.1, 0.15) is 0 Å². The molecule has 10 heavy (non-hydrogen) atoms. The van der Waals surface area contributed by atoms with Crippen LogP contribution in [0, 0.1) is 0 Å². The van der Waals surface area contributed by atoms with Gasteiger partial charge in [0.25, 0.3) is 0 Å². The molecule has 0 bridgehead atoms. The summed E-state index contributed by atoms with van der Waals surface area (Å²) >= 11 is 0. The van der Waals surface area contributed by atoms with E-state index >= 15 is 0 Å². The molecule has 2 aliphatic rings. The first kappa shape index (κ1) is 5.80. The van der Waals surface area contributed by atoms with Crippen LogP contribution < -0.4 is 16.8 Å². The molecule has 0 spiro atoms. The van der Waals surface area contributed by atoms with Crippen molar-refractivity contribution in [2.75, 3.05) is 0 Å². The SMILES string of the molecule is C[C@]1(N)C=C1N[C@@H]1C=C1N. The van der Waals surface area contributed by atoms with Crippen molar-refractivity contribution < 1.29 is 0 Å². The smallest absolute Gasteiger partial charge is 0.0858 e. The summed E-state index contributed by atoms with van der Waals surface area (Å²) in [6.45, 7) is 1.97. The molecule has 5 N–H and O–H groups in total. The van der Waals surface area contributed by atoms with Crippen LogP contribution in [0.4, 0.5) is 0 Å². The Morgan fingerprint density at radius 3 is 2.50 bits per heavy atom. The molecule has 0 heterocycles. The molecular weight excluding hydrogens is 126 g/mol. The molecule has 2 rings (SSSR count). The quantitative estimate of drug-likeness (QED) is 0.477. The molecule has 2 atom stereocenters. The van der Waals surface area contributed by atoms with Crippen LogP contribution in [-0.2, 0) is 0 Å². The van der Waals surface area contributed by atoms with Crippen molar-refractivity contribution in [3.63, 3.8) is 0 Å². The van der Waals surface area contributed by atoms with Crippen molar-refractivity contribution in [2.24, 2.45) is 11.5 Å². The van der Waals surface area contributed by atoms with Crippen LogP contribution in [0.2, 0.25) is 0 Å². The first-order valence-electron chi connectivity index (χ1n) is 3.35. The summed E-state index contributed by atoms with van der Waals surface area (Å²) in [7, 11) is 0. The van der Waals surface area contributed by atoms with Crippen molar-refractivity contribution in [3.05, 3.63) is 23.5 Å². The van der Waals surface area contributed by atoms with E-state index in [4.69, 9.17) is 11.5 Å². The molecular formula is C7H11N3. The molecule has 3 heteroatoms. The minimum absolute atomic E-state index is 0.184. The van der Waals surface area contributed by atoms with Gasteiger partial charge in [-0.15, -0.1) is 0 Å². The number of nitrogens with one attached hydrogen (secondary N) is 1. The van der Waals surface area contributed by atoms with Crippen LogP contribution >= 0.6 is 0 Å². The highest BCUT2D eigenvalue weighted by atomic mass is 15.1. The zero-order valence-corrected chi connectivity index (χ0v) is 5.89. The van der Waals surface area contributed by atoms with E-state index in [1.807, 2.05) is 19.1 Å². The molecule has 2 aliphatic carbocycles. The fraction of sp³-hybridized carbons (Fsp3) is 0.429. The van der Waals surface area contributed by atoms with Gasteiger partial charge in [0.2, 0.25) is 0 Å². The summed E-state index contributed by atoms with van der Waals surface area (Å²) in [6.07, 6.45) is 3.96. The largest absolute Gasteiger partial charge is 0.400 e. The van der Waals surface area contributed by atoms with Gasteiger partial charge < -0.3 is 16.8 Å². The van der Waals surface area contributed by atoms with E-state index in [2.05, 4.69) is 5.32 Å². The minimum atomic E-state index is -0.184. The van der Waals surface area contributed by atoms with Crippen molar-refractivity contribution >= 4 is 0 Å². The van der Waals surface area contributed by atoms with Gasteiger partial charge in [-0.3, -0.25) is 0 Å². The molecule has 0 unspecified atom stereocenters. The third kappa shape index (κ3) is 0.789. The molecule has 0 aromatic carbocycles. The predicted molar refractivity (Wildman–Crippen MR) is 39.9 cm³/mol. The Kier molecular flexibility index (Phi) is 0.796. The maximum Gasteiger partial charge on any atom is 0.0858 e. The third-order valence-corrected chi connectivity index (χ3v) is 1.86. The van der Waals surface area contributed by atoms with Crippen LogP contribution in [-0.4, -0.2) is 11.6 Å². The summed E-state index contributed by atoms with van der Waals surface area (Å²) in [5, 5.41) is 3.19. The van der Waals surface area contributed by atoms with E-state index in [1.54, 1.807) is 0 Å². The molecule has 0 saturated heterocycles. The van der Waals surface area contributed by atoms with Crippen LogP contribution in [0.5, 0.6) is 0 Å². The zero-order chi connectivity index (χ0) is 7.35. The first-order chi connectivity index (χ1) is 4.59. The van der Waals surface area contributed by atoms with Gasteiger partial charge >= 0.3 is 0 Å². The van der Waals surface area contributed by atoms with Crippen LogP contribution in [0.15, 0.2) is 23.5 Å². The summed E-state index contributed by atoms with van der Waals surface area (Å²) in [6, 6.07) is 0.289. The van der Waals surface area contributed by atoms with Gasteiger partial charge in [-0.25, -0.2) is 0 Å². The third-order valence-electron chi connectivity index (χ3n) is 1.86. The Morgan fingerprint density at radius 1 is 1.70 bits per heavy atom. The van der Waals surface area contributed by atoms with Crippen molar-refractivity contribution in [1.82, 2.24) is 5.32 Å². The fourth-order valence-electron chi connectivity index (χ4n) is 0.898. The highest BCUT2D eigenvalue weighted by Crippen LogP contribution is 2.30. The topological polar surface area (TPSA) is 64.1 Å². The Morgan fingerprint density at radius 2 is 2.20 bits per heavy atom. The summed E-state index contributed by atoms with van der Waals surface area (Å²) in [5.41, 5.74) is 13.0. The maximum atomic E-state index is 5.71. The molecule has 54 valence electrons. The van der Waals surface area contributed by atoms with Crippen LogP contribution in [0.25, 0.3) is 0 Å². The summed E-state index contributed by atoms with van der Waals surface area (Å²) < 4.78 is 0. The number of rotatable bonds is 2. The molecule has 0 aromatic rings. The number of hydrogen-bond donors (Lipinski definition) is 3. The van der Waals surface area contributed by atoms with Crippen LogP contribution in [0.1, 0.15) is 6.92 Å². The average molecular weight is 137 g/mol. The molecule has 0 saturated carbocycles. The lowest BCUT2D eigenvalue weighted by Crippen LogP contribution is -2.29. The van der Waals surface area contributed by atoms with Gasteiger partial charge in [0.05, 0.1) is 11.6 Å². The van der Waals surface area contributed by atoms with Gasteiger partial charge in [-0.05, 0) is 19.1 Å². The Bertz CT molecular complexity index is 237. The summed E-state index contributed by atoms with van der Waals surface area (Å²) in [4.78, 5) is 0. The molecule has 0 amide bonds. The van der Waals surface area contributed by atoms with Gasteiger partial charge in [-0.1, -0.05) is 0 Å². The van der Waals surface area contributed by atoms with Gasteiger partial charge in [-0.2, -0.15) is 0 Å². The lowest BCUT2D eigenvalue weighted by atomic mass is 10.3. The second-order valence-electron chi connectivity index (χ2n) is 3.13. The Labute approximate surface area is 59.8 Å². The molecule has 0 aromatic heterocycles. The lowest BCUT2D eigenvalue weighted by molar-refractivity contribution is 0.718. The van der Waals surface area contributed by atoms with E-state index in [0.717, 1.165) is 11.4 Å². The van der Waals surface area contributed by atoms with Gasteiger partial charge in [0.15, 0.2) is 0 Å². The first-order valence-corrected chi connectivity index (χ1v) is 3.35. The van der Waals surface area contributed by atoms with E-state index in [1.165, 1.54) is 0 Å². The minimum Gasteiger partial charge on any atom is -0.400 e. The second-order valence-corrected chi connectivity index (χ2v) is 3.13. The highest BCUT2D eigenvalue weighted by molar-refractivity contribution is 5.46. The Balaban J connectivity index is 1.81. The summed E-state index contributed by atoms with van der Waals surface area (Å²) in [5.74, 6) is 0. The van der Waals surface area contributed by atoms with Crippen molar-refractivity contribution in [1.29, 1.82) is 0 Å². The van der Waals surface area contributed by atoms with E-state index in [9.17, 15) is 0 Å². The van der Waals surface area contributed by atoms with Crippen LogP contribution in [0.3, 0.4) is 0 Å². The van der Waals surface area contributed by atoms with E-state index in [-0.39, 0.29) is 11.6 Å². The Hall–Kier alpha value is -0.960. The van der Waals surface area contributed by atoms with Gasteiger partial charge in [0, 0.05) is 11.4 Å².